The summed E-state index contributed by atoms with van der Waals surface area (Å²) in [6.07, 6.45) is 3.34. The Balaban J connectivity index is 1.49. The van der Waals surface area contributed by atoms with Crippen LogP contribution in [0, 0.1) is 5.92 Å². The molecule has 1 aromatic heterocycles. The molecule has 3 heterocycles. The number of likely N-dealkylation sites (tertiary alicyclic amines) is 1. The molecule has 2 atom stereocenters. The Morgan fingerprint density at radius 2 is 1.86 bits per heavy atom. The molecule has 0 radical (unpaired) electrons. The van der Waals surface area contributed by atoms with E-state index in [1.807, 2.05) is 29.2 Å². The number of benzene rings is 1. The fourth-order valence-electron chi connectivity index (χ4n) is 4.34. The summed E-state index contributed by atoms with van der Waals surface area (Å²) in [7, 11) is -1.88. The summed E-state index contributed by atoms with van der Waals surface area (Å²) in [5.41, 5.74) is 1.11. The first-order chi connectivity index (χ1) is 14.0. The van der Waals surface area contributed by atoms with Gasteiger partial charge in [0.2, 0.25) is 5.91 Å². The Kier molecular flexibility index (Phi) is 5.94. The Hall–Kier alpha value is -1.90. The van der Waals surface area contributed by atoms with Crippen molar-refractivity contribution in [2.75, 3.05) is 26.7 Å². The van der Waals surface area contributed by atoms with E-state index in [0.29, 0.717) is 17.2 Å². The standard InChI is InChI=1S/C21H26N2O4S2/c1-27-18-10-8-16(9-11-18)19-6-3-13-23(19)21(24)17-5-2-12-22(15-17)29(25,26)20-7-4-14-28-20/h4,7-11,14,17,19H,2-3,5-6,12-13,15H2,1H3. The summed E-state index contributed by atoms with van der Waals surface area (Å²) in [5.74, 6) is 0.595. The van der Waals surface area contributed by atoms with E-state index >= 15 is 0 Å². The minimum atomic E-state index is -3.51. The van der Waals surface area contributed by atoms with E-state index < -0.39 is 10.0 Å². The summed E-state index contributed by atoms with van der Waals surface area (Å²) >= 11 is 1.22. The van der Waals surface area contributed by atoms with E-state index in [2.05, 4.69) is 0 Å². The Morgan fingerprint density at radius 1 is 1.10 bits per heavy atom. The van der Waals surface area contributed by atoms with Crippen molar-refractivity contribution >= 4 is 27.3 Å². The number of carbonyl (C=O) groups excluding carboxylic acids is 1. The van der Waals surface area contributed by atoms with Crippen molar-refractivity contribution in [3.05, 3.63) is 47.3 Å². The average molecular weight is 435 g/mol. The van der Waals surface area contributed by atoms with Gasteiger partial charge in [-0.15, -0.1) is 11.3 Å². The predicted octanol–water partition coefficient (Wildman–Crippen LogP) is 3.52. The normalized spacial score (nSPS) is 23.3. The van der Waals surface area contributed by atoms with Crippen molar-refractivity contribution in [3.63, 3.8) is 0 Å². The molecule has 2 saturated heterocycles. The van der Waals surface area contributed by atoms with Gasteiger partial charge < -0.3 is 9.64 Å². The van der Waals surface area contributed by atoms with Gasteiger partial charge in [-0.2, -0.15) is 4.31 Å². The molecule has 8 heteroatoms. The number of sulfonamides is 1. The van der Waals surface area contributed by atoms with Crippen LogP contribution in [0.25, 0.3) is 0 Å². The predicted molar refractivity (Wildman–Crippen MR) is 112 cm³/mol. The Bertz CT molecular complexity index is 942. The molecule has 29 heavy (non-hydrogen) atoms. The number of hydrogen-bond acceptors (Lipinski definition) is 5. The molecule has 1 aromatic carbocycles. The van der Waals surface area contributed by atoms with Crippen molar-refractivity contribution in [1.82, 2.24) is 9.21 Å². The fraction of sp³-hybridized carbons (Fsp3) is 0.476. The highest BCUT2D eigenvalue weighted by atomic mass is 32.2. The lowest BCUT2D eigenvalue weighted by Crippen LogP contribution is -2.46. The summed E-state index contributed by atoms with van der Waals surface area (Å²) in [6.45, 7) is 1.47. The number of carbonyl (C=O) groups is 1. The molecule has 0 spiro atoms. The highest BCUT2D eigenvalue weighted by Crippen LogP contribution is 2.35. The van der Waals surface area contributed by atoms with Gasteiger partial charge in [0.15, 0.2) is 0 Å². The number of methoxy groups -OCH3 is 1. The average Bonchev–Trinajstić information content (AvgIpc) is 3.46. The third-order valence-corrected chi connectivity index (χ3v) is 9.10. The molecular weight excluding hydrogens is 408 g/mol. The first-order valence-corrected chi connectivity index (χ1v) is 12.3. The van der Waals surface area contributed by atoms with Gasteiger partial charge in [-0.3, -0.25) is 4.79 Å². The molecule has 2 aliphatic rings. The van der Waals surface area contributed by atoms with E-state index in [-0.39, 0.29) is 24.4 Å². The molecule has 0 N–H and O–H groups in total. The number of nitrogens with zero attached hydrogens (tertiary/aromatic N) is 2. The maximum Gasteiger partial charge on any atom is 0.252 e. The quantitative estimate of drug-likeness (QED) is 0.722. The van der Waals surface area contributed by atoms with E-state index in [4.69, 9.17) is 4.74 Å². The lowest BCUT2D eigenvalue weighted by Gasteiger charge is -2.35. The third kappa shape index (κ3) is 4.06. The maximum absolute atomic E-state index is 13.3. The fourth-order valence-corrected chi connectivity index (χ4v) is 7.01. The highest BCUT2D eigenvalue weighted by molar-refractivity contribution is 7.91. The number of ether oxygens (including phenoxy) is 1. The molecule has 2 fully saturated rings. The van der Waals surface area contributed by atoms with Gasteiger partial charge >= 0.3 is 0 Å². The zero-order chi connectivity index (χ0) is 20.4. The Labute approximate surface area is 176 Å². The molecule has 2 aromatic rings. The van der Waals surface area contributed by atoms with Gasteiger partial charge in [0.1, 0.15) is 9.96 Å². The topological polar surface area (TPSA) is 66.9 Å². The van der Waals surface area contributed by atoms with E-state index in [9.17, 15) is 13.2 Å². The van der Waals surface area contributed by atoms with E-state index in [0.717, 1.165) is 37.1 Å². The van der Waals surface area contributed by atoms with Crippen LogP contribution in [-0.2, 0) is 14.8 Å². The second-order valence-electron chi connectivity index (χ2n) is 7.60. The van der Waals surface area contributed by atoms with Crippen LogP contribution in [0.15, 0.2) is 46.0 Å². The smallest absolute Gasteiger partial charge is 0.252 e. The first kappa shape index (κ1) is 20.4. The molecule has 2 aliphatic heterocycles. The molecule has 6 nitrogen and oxygen atoms in total. The summed E-state index contributed by atoms with van der Waals surface area (Å²) in [4.78, 5) is 15.3. The molecule has 4 rings (SSSR count). The number of rotatable bonds is 5. The summed E-state index contributed by atoms with van der Waals surface area (Å²) in [6, 6.07) is 11.3. The zero-order valence-electron chi connectivity index (χ0n) is 16.5. The van der Waals surface area contributed by atoms with E-state index in [1.54, 1.807) is 24.6 Å². The van der Waals surface area contributed by atoms with Crippen LogP contribution >= 0.6 is 11.3 Å². The molecule has 0 bridgehead atoms. The number of amides is 1. The minimum absolute atomic E-state index is 0.0534. The highest BCUT2D eigenvalue weighted by Gasteiger charge is 2.38. The van der Waals surface area contributed by atoms with Crippen molar-refractivity contribution < 1.29 is 17.9 Å². The number of thiophene rings is 1. The van der Waals surface area contributed by atoms with Crippen molar-refractivity contribution in [1.29, 1.82) is 0 Å². The first-order valence-electron chi connectivity index (χ1n) is 9.99. The van der Waals surface area contributed by atoms with Gasteiger partial charge in [-0.25, -0.2) is 8.42 Å². The van der Waals surface area contributed by atoms with E-state index in [1.165, 1.54) is 15.6 Å². The van der Waals surface area contributed by atoms with Gasteiger partial charge in [-0.1, -0.05) is 18.2 Å². The van der Waals surface area contributed by atoms with Crippen LogP contribution in [0.1, 0.15) is 37.3 Å². The lowest BCUT2D eigenvalue weighted by atomic mass is 9.96. The molecule has 0 aliphatic carbocycles. The molecule has 0 saturated carbocycles. The zero-order valence-corrected chi connectivity index (χ0v) is 18.1. The summed E-state index contributed by atoms with van der Waals surface area (Å²) < 4.78 is 32.8. The number of hydrogen-bond donors (Lipinski definition) is 0. The molecule has 2 unspecified atom stereocenters. The molecule has 1 amide bonds. The van der Waals surface area contributed by atoms with Crippen LogP contribution < -0.4 is 4.74 Å². The summed E-state index contributed by atoms with van der Waals surface area (Å²) in [5, 5.41) is 1.77. The monoisotopic (exact) mass is 434 g/mol. The van der Waals surface area contributed by atoms with Gasteiger partial charge in [0.25, 0.3) is 10.0 Å². The van der Waals surface area contributed by atoms with Crippen LogP contribution in [0.3, 0.4) is 0 Å². The minimum Gasteiger partial charge on any atom is -0.497 e. The largest absolute Gasteiger partial charge is 0.497 e. The second kappa shape index (κ2) is 8.45. The molecular formula is C21H26N2O4S2. The maximum atomic E-state index is 13.3. The van der Waals surface area contributed by atoms with Crippen LogP contribution in [0.4, 0.5) is 0 Å². The van der Waals surface area contributed by atoms with Crippen molar-refractivity contribution in [3.8, 4) is 5.75 Å². The SMILES string of the molecule is COc1ccc(C2CCCN2C(=O)C2CCCN(S(=O)(=O)c3cccs3)C2)cc1. The van der Waals surface area contributed by atoms with Gasteiger partial charge in [0.05, 0.1) is 19.1 Å². The van der Waals surface area contributed by atoms with Crippen molar-refractivity contribution in [2.24, 2.45) is 5.92 Å². The molecule has 156 valence electrons. The van der Waals surface area contributed by atoms with Crippen LogP contribution in [0.5, 0.6) is 5.75 Å². The number of piperidine rings is 1. The Morgan fingerprint density at radius 3 is 2.55 bits per heavy atom. The third-order valence-electron chi connectivity index (χ3n) is 5.86. The van der Waals surface area contributed by atoms with Gasteiger partial charge in [0, 0.05) is 19.6 Å². The second-order valence-corrected chi connectivity index (χ2v) is 10.7. The van der Waals surface area contributed by atoms with Crippen LogP contribution in [0.2, 0.25) is 0 Å². The lowest BCUT2D eigenvalue weighted by molar-refractivity contribution is -0.137. The van der Waals surface area contributed by atoms with Gasteiger partial charge in [-0.05, 0) is 54.8 Å². The van der Waals surface area contributed by atoms with Crippen LogP contribution in [-0.4, -0.2) is 50.3 Å². The van der Waals surface area contributed by atoms with Crippen molar-refractivity contribution in [2.45, 2.75) is 35.9 Å².